The third-order valence-electron chi connectivity index (χ3n) is 3.67. The number of amides is 2. The highest BCUT2D eigenvalue weighted by Gasteiger charge is 2.46. The minimum atomic E-state index is -3.69. The average molecular weight is 328 g/mol. The van der Waals surface area contributed by atoms with Gasteiger partial charge >= 0.3 is 6.09 Å². The summed E-state index contributed by atoms with van der Waals surface area (Å²) in [5.41, 5.74) is 0.0857. The maximum Gasteiger partial charge on any atom is 0.417 e. The summed E-state index contributed by atoms with van der Waals surface area (Å²) in [5, 5.41) is 0. The summed E-state index contributed by atoms with van der Waals surface area (Å²) in [6.45, 7) is -0.285. The van der Waals surface area contributed by atoms with E-state index in [9.17, 15) is 22.4 Å². The van der Waals surface area contributed by atoms with Gasteiger partial charge in [0.2, 0.25) is 10.0 Å². The van der Waals surface area contributed by atoms with Crippen molar-refractivity contribution in [3.05, 3.63) is 35.6 Å². The fourth-order valence-corrected chi connectivity index (χ4v) is 4.04. The summed E-state index contributed by atoms with van der Waals surface area (Å²) in [4.78, 5) is 23.8. The lowest BCUT2D eigenvalue weighted by atomic mass is 10.1. The van der Waals surface area contributed by atoms with Crippen molar-refractivity contribution in [1.29, 1.82) is 0 Å². The normalized spacial score (nSPS) is 20.1. The molecule has 2 aliphatic heterocycles. The van der Waals surface area contributed by atoms with Gasteiger partial charge in [0.15, 0.2) is 6.61 Å². The van der Waals surface area contributed by atoms with Gasteiger partial charge in [0.25, 0.3) is 5.91 Å². The zero-order valence-electron chi connectivity index (χ0n) is 11.4. The Morgan fingerprint density at radius 1 is 1.23 bits per heavy atom. The number of cyclic esters (lactones) is 1. The molecule has 118 valence electrons. The third-order valence-corrected chi connectivity index (χ3v) is 5.43. The summed E-state index contributed by atoms with van der Waals surface area (Å²) in [6, 6.07) is 5.13. The molecule has 2 fully saturated rings. The quantitative estimate of drug-likeness (QED) is 0.795. The van der Waals surface area contributed by atoms with Gasteiger partial charge in [-0.2, -0.15) is 4.31 Å². The number of sulfonamides is 1. The van der Waals surface area contributed by atoms with Gasteiger partial charge in [-0.1, -0.05) is 18.2 Å². The molecule has 3 rings (SSSR count). The zero-order valence-corrected chi connectivity index (χ0v) is 12.3. The van der Waals surface area contributed by atoms with E-state index in [2.05, 4.69) is 4.74 Å². The number of rotatable bonds is 4. The minimum Gasteiger partial charge on any atom is -0.439 e. The summed E-state index contributed by atoms with van der Waals surface area (Å²) in [5.74, 6) is -1.51. The summed E-state index contributed by atoms with van der Waals surface area (Å²) >= 11 is 0. The molecule has 0 atom stereocenters. The Hall–Kier alpha value is -2.00. The van der Waals surface area contributed by atoms with E-state index in [1.165, 1.54) is 18.2 Å². The Labute approximate surface area is 126 Å². The Morgan fingerprint density at radius 2 is 1.91 bits per heavy atom. The number of halogens is 1. The topological polar surface area (TPSA) is 84.0 Å². The molecule has 0 aromatic heterocycles. The van der Waals surface area contributed by atoms with E-state index in [1.807, 2.05) is 0 Å². The number of ether oxygens (including phenoxy) is 1. The van der Waals surface area contributed by atoms with Gasteiger partial charge < -0.3 is 4.74 Å². The first-order chi connectivity index (χ1) is 10.4. The third kappa shape index (κ3) is 2.57. The van der Waals surface area contributed by atoms with Crippen molar-refractivity contribution < 1.29 is 27.1 Å². The van der Waals surface area contributed by atoms with Gasteiger partial charge in [0, 0.05) is 18.7 Å². The second-order valence-electron chi connectivity index (χ2n) is 5.14. The highest BCUT2D eigenvalue weighted by molar-refractivity contribution is 7.88. The lowest BCUT2D eigenvalue weighted by molar-refractivity contribution is -0.128. The van der Waals surface area contributed by atoms with Crippen LogP contribution in [-0.2, 0) is 25.3 Å². The zero-order chi connectivity index (χ0) is 15.9. The van der Waals surface area contributed by atoms with Crippen LogP contribution in [0, 0.1) is 5.82 Å². The van der Waals surface area contributed by atoms with Crippen LogP contribution in [0.5, 0.6) is 0 Å². The van der Waals surface area contributed by atoms with Gasteiger partial charge in [-0.3, -0.25) is 4.79 Å². The maximum absolute atomic E-state index is 13.5. The van der Waals surface area contributed by atoms with Crippen LogP contribution in [0.15, 0.2) is 24.3 Å². The molecule has 2 aliphatic rings. The van der Waals surface area contributed by atoms with Crippen molar-refractivity contribution in [2.75, 3.05) is 19.7 Å². The second kappa shape index (κ2) is 5.33. The van der Waals surface area contributed by atoms with E-state index in [0.29, 0.717) is 0 Å². The van der Waals surface area contributed by atoms with E-state index >= 15 is 0 Å². The van der Waals surface area contributed by atoms with Crippen LogP contribution in [-0.4, -0.2) is 55.4 Å². The average Bonchev–Trinajstić information content (AvgIpc) is 2.71. The lowest BCUT2D eigenvalue weighted by Crippen LogP contribution is -2.62. The smallest absolute Gasteiger partial charge is 0.417 e. The second-order valence-corrected chi connectivity index (χ2v) is 7.11. The number of hydrogen-bond donors (Lipinski definition) is 0. The fraction of sp³-hybridized carbons (Fsp3) is 0.385. The fourth-order valence-electron chi connectivity index (χ4n) is 2.43. The monoisotopic (exact) mass is 328 g/mol. The highest BCUT2D eigenvalue weighted by atomic mass is 32.2. The van der Waals surface area contributed by atoms with Crippen LogP contribution >= 0.6 is 0 Å². The molecule has 2 saturated heterocycles. The van der Waals surface area contributed by atoms with E-state index < -0.39 is 39.6 Å². The number of carbonyl (C=O) groups excluding carboxylic acids is 2. The van der Waals surface area contributed by atoms with E-state index in [-0.39, 0.29) is 25.3 Å². The van der Waals surface area contributed by atoms with Crippen LogP contribution in [0.4, 0.5) is 9.18 Å². The molecule has 0 saturated carbocycles. The Balaban J connectivity index is 1.65. The van der Waals surface area contributed by atoms with Crippen molar-refractivity contribution in [1.82, 2.24) is 9.21 Å². The molecule has 1 aromatic rings. The molecule has 1 aromatic carbocycles. The van der Waals surface area contributed by atoms with Crippen LogP contribution in [0.3, 0.4) is 0 Å². The first-order valence-electron chi connectivity index (χ1n) is 6.58. The van der Waals surface area contributed by atoms with E-state index in [1.54, 1.807) is 6.07 Å². The molecule has 2 heterocycles. The molecule has 22 heavy (non-hydrogen) atoms. The van der Waals surface area contributed by atoms with Gasteiger partial charge in [0.05, 0.1) is 11.8 Å². The Morgan fingerprint density at radius 3 is 2.50 bits per heavy atom. The molecule has 0 aliphatic carbocycles. The summed E-state index contributed by atoms with van der Waals surface area (Å²) in [7, 11) is -3.69. The Kier molecular flexibility index (Phi) is 3.61. The predicted molar refractivity (Wildman–Crippen MR) is 72.6 cm³/mol. The van der Waals surface area contributed by atoms with Gasteiger partial charge in [0.1, 0.15) is 5.82 Å². The number of nitrogens with zero attached hydrogens (tertiary/aromatic N) is 2. The molecule has 0 bridgehead atoms. The van der Waals surface area contributed by atoms with E-state index in [0.717, 1.165) is 9.21 Å². The minimum absolute atomic E-state index is 0.0115. The van der Waals surface area contributed by atoms with E-state index in [4.69, 9.17) is 0 Å². The van der Waals surface area contributed by atoms with Crippen LogP contribution in [0.2, 0.25) is 0 Å². The molecule has 0 N–H and O–H groups in total. The standard InChI is InChI=1S/C13H13FN2O5S/c14-11-4-2-1-3-9(11)8-22(19,20)15-5-10(6-15)16-12(17)7-21-13(16)18/h1-4,10H,5-8H2. The first kappa shape index (κ1) is 14.9. The van der Waals surface area contributed by atoms with Crippen LogP contribution < -0.4 is 0 Å². The number of hydrogen-bond acceptors (Lipinski definition) is 5. The number of imide groups is 1. The van der Waals surface area contributed by atoms with Gasteiger partial charge in [-0.15, -0.1) is 0 Å². The molecule has 2 amide bonds. The molecular weight excluding hydrogens is 315 g/mol. The number of benzene rings is 1. The highest BCUT2D eigenvalue weighted by Crippen LogP contribution is 2.24. The van der Waals surface area contributed by atoms with Crippen LogP contribution in [0.25, 0.3) is 0 Å². The summed E-state index contributed by atoms with van der Waals surface area (Å²) < 4.78 is 43.6. The van der Waals surface area contributed by atoms with Crippen molar-refractivity contribution in [2.24, 2.45) is 0 Å². The molecule has 0 radical (unpaired) electrons. The summed E-state index contributed by atoms with van der Waals surface area (Å²) in [6.07, 6.45) is -0.749. The van der Waals surface area contributed by atoms with Crippen LogP contribution in [0.1, 0.15) is 5.56 Å². The number of carbonyl (C=O) groups is 2. The maximum atomic E-state index is 13.5. The van der Waals surface area contributed by atoms with Gasteiger partial charge in [-0.05, 0) is 6.07 Å². The van der Waals surface area contributed by atoms with Crippen molar-refractivity contribution >= 4 is 22.0 Å². The Bertz CT molecular complexity index is 714. The van der Waals surface area contributed by atoms with Crippen molar-refractivity contribution in [3.63, 3.8) is 0 Å². The molecular formula is C13H13FN2O5S. The van der Waals surface area contributed by atoms with Crippen molar-refractivity contribution in [3.8, 4) is 0 Å². The van der Waals surface area contributed by atoms with Crippen molar-refractivity contribution in [2.45, 2.75) is 11.8 Å². The SMILES string of the molecule is O=C1COC(=O)N1C1CN(S(=O)(=O)Cc2ccccc2F)C1. The molecule has 0 spiro atoms. The largest absolute Gasteiger partial charge is 0.439 e. The van der Waals surface area contributed by atoms with Gasteiger partial charge in [-0.25, -0.2) is 22.5 Å². The first-order valence-corrected chi connectivity index (χ1v) is 8.19. The molecule has 9 heteroatoms. The molecule has 7 nitrogen and oxygen atoms in total. The predicted octanol–water partition coefficient (Wildman–Crippen LogP) is 0.318. The molecule has 0 unspecified atom stereocenters. The lowest BCUT2D eigenvalue weighted by Gasteiger charge is -2.40.